The molecule has 0 aliphatic carbocycles. The van der Waals surface area contributed by atoms with Gasteiger partial charge in [-0.25, -0.2) is 11.0 Å². The Labute approximate surface area is 58.4 Å². The highest BCUT2D eigenvalue weighted by Gasteiger charge is 2.18. The lowest BCUT2D eigenvalue weighted by molar-refractivity contribution is 0.0244. The Balaban J connectivity index is 2.69. The fourth-order valence-electron chi connectivity index (χ4n) is 0.479. The highest BCUT2D eigenvalue weighted by molar-refractivity contribution is 7.56. The van der Waals surface area contributed by atoms with Crippen LogP contribution in [0.1, 0.15) is 0 Å². The molecule has 0 aromatic heterocycles. The second-order valence-corrected chi connectivity index (χ2v) is 3.49. The fourth-order valence-corrected chi connectivity index (χ4v) is 0.966. The average molecular weight is 161 g/mol. The molecule has 1 aliphatic heterocycles. The van der Waals surface area contributed by atoms with Crippen molar-refractivity contribution in [1.29, 1.82) is 0 Å². The third-order valence-electron chi connectivity index (χ3n) is 0.880. The lowest BCUT2D eigenvalue weighted by Gasteiger charge is -2.22. The van der Waals surface area contributed by atoms with Gasteiger partial charge in [-0.15, -0.1) is 4.83 Å². The van der Waals surface area contributed by atoms with E-state index in [0.717, 1.165) is 4.83 Å². The van der Waals surface area contributed by atoms with Crippen molar-refractivity contribution in [3.05, 3.63) is 24.6 Å². The fraction of sp³-hybridized carbons (Fsp3) is 0. The van der Waals surface area contributed by atoms with Crippen molar-refractivity contribution in [3.8, 4) is 0 Å². The second kappa shape index (κ2) is 2.46. The van der Waals surface area contributed by atoms with Crippen LogP contribution < -0.4 is 11.0 Å². The van der Waals surface area contributed by atoms with Gasteiger partial charge >= 0.3 is 7.59 Å². The van der Waals surface area contributed by atoms with Gasteiger partial charge in [0.2, 0.25) is 0 Å². The molecule has 0 atom stereocenters. The van der Waals surface area contributed by atoms with Crippen LogP contribution in [0.15, 0.2) is 24.6 Å². The molecule has 1 heterocycles. The summed E-state index contributed by atoms with van der Waals surface area (Å²) in [5.74, 6) is 0. The number of hydrogen-bond donors (Lipinski definition) is 2. The van der Waals surface area contributed by atoms with Crippen LogP contribution in [0, 0.1) is 0 Å². The monoisotopic (exact) mass is 161 g/mol. The minimum atomic E-state index is -3.27. The molecule has 1 rings (SSSR count). The van der Waals surface area contributed by atoms with Crippen molar-refractivity contribution < 1.29 is 9.40 Å². The molecule has 0 aromatic carbocycles. The van der Waals surface area contributed by atoms with E-state index >= 15 is 0 Å². The summed E-state index contributed by atoms with van der Waals surface area (Å²) in [6.07, 6.45) is 6.00. The Morgan fingerprint density at radius 1 is 1.40 bits per heavy atom. The van der Waals surface area contributed by atoms with Gasteiger partial charge in [0.05, 0.1) is 0 Å². The topological polar surface area (TPSA) is 81.6 Å². The summed E-state index contributed by atoms with van der Waals surface area (Å²) in [6, 6.07) is 0. The zero-order valence-corrected chi connectivity index (χ0v) is 6.07. The van der Waals surface area contributed by atoms with Gasteiger partial charge in [0.1, 0.15) is 6.26 Å². The molecule has 0 aromatic rings. The Hall–Kier alpha value is -0.770. The molecule has 0 fully saturated rings. The molecule has 0 amide bonds. The number of allylic oxidation sites excluding steroid dienone is 2. The third-order valence-corrected chi connectivity index (χ3v) is 1.72. The summed E-state index contributed by atoms with van der Waals surface area (Å²) < 4.78 is 10.8. The minimum Gasteiger partial charge on any atom is -0.380 e. The van der Waals surface area contributed by atoms with Crippen molar-refractivity contribution >= 4 is 7.59 Å². The van der Waals surface area contributed by atoms with E-state index in [1.807, 2.05) is 0 Å². The van der Waals surface area contributed by atoms with E-state index in [2.05, 4.69) is 0 Å². The first-order valence-corrected chi connectivity index (χ1v) is 4.37. The predicted molar refractivity (Wildman–Crippen MR) is 37.2 cm³/mol. The smallest absolute Gasteiger partial charge is 0.332 e. The lowest BCUT2D eigenvalue weighted by atomic mass is 10.6. The van der Waals surface area contributed by atoms with Gasteiger partial charge in [-0.3, -0.25) is 4.57 Å². The molecule has 56 valence electrons. The molecule has 1 aliphatic rings. The van der Waals surface area contributed by atoms with Crippen molar-refractivity contribution in [2.75, 3.05) is 0 Å². The summed E-state index contributed by atoms with van der Waals surface area (Å²) in [5.41, 5.74) is 10.1. The van der Waals surface area contributed by atoms with Gasteiger partial charge in [0.25, 0.3) is 0 Å². The highest BCUT2D eigenvalue weighted by atomic mass is 31.2. The average Bonchev–Trinajstić information content (AvgIpc) is 1.88. The van der Waals surface area contributed by atoms with Gasteiger partial charge in [-0.05, 0) is 12.2 Å². The summed E-state index contributed by atoms with van der Waals surface area (Å²) in [7, 11) is -3.27. The van der Waals surface area contributed by atoms with Gasteiger partial charge < -0.3 is 4.84 Å². The van der Waals surface area contributed by atoms with Crippen molar-refractivity contribution in [1.82, 2.24) is 4.83 Å². The van der Waals surface area contributed by atoms with E-state index in [-0.39, 0.29) is 0 Å². The Morgan fingerprint density at radius 3 is 2.40 bits per heavy atom. The Morgan fingerprint density at radius 2 is 2.10 bits per heavy atom. The van der Waals surface area contributed by atoms with Gasteiger partial charge in [0, 0.05) is 6.20 Å². The van der Waals surface area contributed by atoms with E-state index in [9.17, 15) is 4.57 Å². The predicted octanol–water partition coefficient (Wildman–Crippen LogP) is 0.287. The van der Waals surface area contributed by atoms with Crippen LogP contribution in [0.25, 0.3) is 0 Å². The summed E-state index contributed by atoms with van der Waals surface area (Å²) in [4.78, 5) is 5.62. The molecule has 0 saturated carbocycles. The quantitative estimate of drug-likeness (QED) is 0.540. The first kappa shape index (κ1) is 7.34. The van der Waals surface area contributed by atoms with Crippen LogP contribution in [0.3, 0.4) is 0 Å². The number of hydrogen-bond acceptors (Lipinski definition) is 2. The van der Waals surface area contributed by atoms with E-state index in [0.29, 0.717) is 0 Å². The minimum absolute atomic E-state index is 0.924. The maximum Gasteiger partial charge on any atom is 0.332 e. The van der Waals surface area contributed by atoms with Gasteiger partial charge in [-0.1, -0.05) is 0 Å². The van der Waals surface area contributed by atoms with Crippen LogP contribution in [-0.4, -0.2) is 4.83 Å². The SMILES string of the molecule is NP(N)(=O)N1C=CC=CO1. The van der Waals surface area contributed by atoms with Crippen molar-refractivity contribution in [2.45, 2.75) is 0 Å². The molecule has 5 nitrogen and oxygen atoms in total. The van der Waals surface area contributed by atoms with Gasteiger partial charge in [0.15, 0.2) is 0 Å². The standard InChI is InChI=1S/C4H8N3O2P/c5-10(6,8)7-3-1-2-4-9-7/h1-4H,(H4,5,6,8). The maximum atomic E-state index is 10.8. The highest BCUT2D eigenvalue weighted by Crippen LogP contribution is 2.33. The van der Waals surface area contributed by atoms with Crippen LogP contribution >= 0.6 is 7.59 Å². The molecule has 0 saturated heterocycles. The lowest BCUT2D eigenvalue weighted by Crippen LogP contribution is -2.23. The van der Waals surface area contributed by atoms with E-state index < -0.39 is 7.59 Å². The summed E-state index contributed by atoms with van der Waals surface area (Å²) >= 11 is 0. The van der Waals surface area contributed by atoms with E-state index in [4.69, 9.17) is 15.8 Å². The third kappa shape index (κ3) is 1.60. The zero-order chi connectivity index (χ0) is 7.61. The molecule has 4 N–H and O–H groups in total. The molecule has 0 radical (unpaired) electrons. The first-order chi connectivity index (χ1) is 4.61. The number of nitrogens with two attached hydrogens (primary N) is 2. The van der Waals surface area contributed by atoms with Crippen LogP contribution in [0.2, 0.25) is 0 Å². The molecule has 6 heteroatoms. The van der Waals surface area contributed by atoms with Crippen LogP contribution in [0.4, 0.5) is 0 Å². The summed E-state index contributed by atoms with van der Waals surface area (Å²) in [5, 5.41) is 0. The van der Waals surface area contributed by atoms with Crippen molar-refractivity contribution in [2.24, 2.45) is 11.0 Å². The molecular weight excluding hydrogens is 153 g/mol. The Bertz CT molecular complexity index is 219. The normalized spacial score (nSPS) is 17.2. The second-order valence-electron chi connectivity index (χ2n) is 1.75. The van der Waals surface area contributed by atoms with E-state index in [1.165, 1.54) is 12.5 Å². The number of nitrogens with zero attached hydrogens (tertiary/aromatic N) is 1. The molecule has 0 bridgehead atoms. The van der Waals surface area contributed by atoms with E-state index in [1.54, 1.807) is 12.2 Å². The molecule has 0 unspecified atom stereocenters. The largest absolute Gasteiger partial charge is 0.380 e. The van der Waals surface area contributed by atoms with Crippen molar-refractivity contribution in [3.63, 3.8) is 0 Å². The zero-order valence-electron chi connectivity index (χ0n) is 5.18. The summed E-state index contributed by atoms with van der Waals surface area (Å²) in [6.45, 7) is 0. The number of rotatable bonds is 1. The number of hydroxylamine groups is 1. The molecular formula is C4H8N3O2P. The maximum absolute atomic E-state index is 10.8. The van der Waals surface area contributed by atoms with Crippen LogP contribution in [-0.2, 0) is 9.40 Å². The first-order valence-electron chi connectivity index (χ1n) is 2.58. The van der Waals surface area contributed by atoms with Gasteiger partial charge in [-0.2, -0.15) is 0 Å². The van der Waals surface area contributed by atoms with Crippen LogP contribution in [0.5, 0.6) is 0 Å². The molecule has 10 heavy (non-hydrogen) atoms. The molecule has 0 spiro atoms. The Kier molecular flexibility index (Phi) is 1.80.